The highest BCUT2D eigenvalue weighted by atomic mass is 79.9. The van der Waals surface area contributed by atoms with Crippen molar-refractivity contribution in [3.63, 3.8) is 0 Å². The van der Waals surface area contributed by atoms with Crippen molar-refractivity contribution >= 4 is 51.1 Å². The quantitative estimate of drug-likeness (QED) is 0.839. The molecule has 1 aliphatic rings. The molecule has 1 aliphatic heterocycles. The van der Waals surface area contributed by atoms with Crippen molar-refractivity contribution in [1.82, 2.24) is 4.90 Å². The van der Waals surface area contributed by atoms with Gasteiger partial charge in [-0.15, -0.1) is 11.8 Å². The molecule has 7 heteroatoms. The largest absolute Gasteiger partial charge is 0.325 e. The Bertz CT molecular complexity index is 547. The van der Waals surface area contributed by atoms with E-state index < -0.39 is 0 Å². The molecule has 1 unspecified atom stereocenters. The van der Waals surface area contributed by atoms with Crippen molar-refractivity contribution in [2.45, 2.75) is 12.2 Å². The van der Waals surface area contributed by atoms with Gasteiger partial charge in [-0.05, 0) is 31.2 Å². The molecule has 0 radical (unpaired) electrons. The number of thioether (sulfide) groups is 1. The summed E-state index contributed by atoms with van der Waals surface area (Å²) in [6.07, 6.45) is 0. The van der Waals surface area contributed by atoms with Gasteiger partial charge in [-0.1, -0.05) is 15.9 Å². The van der Waals surface area contributed by atoms with E-state index in [1.165, 1.54) is 11.8 Å². The van der Waals surface area contributed by atoms with Crippen LogP contribution in [0.2, 0.25) is 0 Å². The number of hydrogen-bond acceptors (Lipinski definition) is 4. The van der Waals surface area contributed by atoms with Gasteiger partial charge in [0.25, 0.3) is 0 Å². The third-order valence-electron chi connectivity index (χ3n) is 2.80. The second-order valence-corrected chi connectivity index (χ2v) is 6.57. The molecule has 2 rings (SSSR count). The van der Waals surface area contributed by atoms with Crippen molar-refractivity contribution in [2.75, 3.05) is 17.6 Å². The van der Waals surface area contributed by atoms with Gasteiger partial charge in [0.1, 0.15) is 6.54 Å². The van der Waals surface area contributed by atoms with Crippen LogP contribution in [0.3, 0.4) is 0 Å². The standard InChI is InChI=1S/C13H13BrN2O3S/c1-8-13(19)16(12(18)7-20-8)6-11(17)15-10-4-2-9(14)3-5-10/h2-5,8H,6-7H2,1H3,(H,15,17). The van der Waals surface area contributed by atoms with Crippen LogP contribution in [0.1, 0.15) is 6.92 Å². The Morgan fingerprint density at radius 1 is 1.40 bits per heavy atom. The molecule has 3 amide bonds. The number of benzene rings is 1. The molecule has 1 saturated heterocycles. The fraction of sp³-hybridized carbons (Fsp3) is 0.308. The van der Waals surface area contributed by atoms with Crippen molar-refractivity contribution in [3.8, 4) is 0 Å². The number of amides is 3. The van der Waals surface area contributed by atoms with Gasteiger partial charge in [0.2, 0.25) is 17.7 Å². The lowest BCUT2D eigenvalue weighted by Crippen LogP contribution is -2.49. The molecule has 106 valence electrons. The van der Waals surface area contributed by atoms with E-state index in [-0.39, 0.29) is 35.3 Å². The number of rotatable bonds is 3. The molecule has 20 heavy (non-hydrogen) atoms. The highest BCUT2D eigenvalue weighted by Gasteiger charge is 2.33. The summed E-state index contributed by atoms with van der Waals surface area (Å²) in [7, 11) is 0. The average molecular weight is 357 g/mol. The zero-order chi connectivity index (χ0) is 14.7. The molecule has 1 atom stereocenters. The first-order chi connectivity index (χ1) is 9.47. The van der Waals surface area contributed by atoms with Crippen molar-refractivity contribution in [3.05, 3.63) is 28.7 Å². The number of nitrogens with zero attached hydrogens (tertiary/aromatic N) is 1. The van der Waals surface area contributed by atoms with Crippen LogP contribution in [0, 0.1) is 0 Å². The Hall–Kier alpha value is -1.34. The first kappa shape index (κ1) is 15.1. The number of carbonyl (C=O) groups is 3. The summed E-state index contributed by atoms with van der Waals surface area (Å²) >= 11 is 4.59. The second-order valence-electron chi connectivity index (χ2n) is 4.33. The number of anilines is 1. The lowest BCUT2D eigenvalue weighted by molar-refractivity contribution is -0.145. The van der Waals surface area contributed by atoms with Crippen molar-refractivity contribution < 1.29 is 14.4 Å². The molecule has 0 saturated carbocycles. The molecule has 0 spiro atoms. The minimum absolute atomic E-state index is 0.235. The molecule has 0 aliphatic carbocycles. The van der Waals surface area contributed by atoms with E-state index in [4.69, 9.17) is 0 Å². The van der Waals surface area contributed by atoms with Gasteiger partial charge in [0.15, 0.2) is 0 Å². The zero-order valence-electron chi connectivity index (χ0n) is 10.8. The summed E-state index contributed by atoms with van der Waals surface area (Å²) in [5.41, 5.74) is 0.623. The Morgan fingerprint density at radius 2 is 2.05 bits per heavy atom. The van der Waals surface area contributed by atoms with Gasteiger partial charge in [-0.2, -0.15) is 0 Å². The van der Waals surface area contributed by atoms with Gasteiger partial charge in [-0.3, -0.25) is 19.3 Å². The number of halogens is 1. The predicted molar refractivity (Wildman–Crippen MR) is 81.4 cm³/mol. The summed E-state index contributed by atoms with van der Waals surface area (Å²) in [5.74, 6) is -0.771. The zero-order valence-corrected chi connectivity index (χ0v) is 13.2. The maximum absolute atomic E-state index is 11.9. The Morgan fingerprint density at radius 3 is 2.70 bits per heavy atom. The first-order valence-corrected chi connectivity index (χ1v) is 7.83. The van der Waals surface area contributed by atoms with E-state index in [0.717, 1.165) is 9.37 Å². The van der Waals surface area contributed by atoms with Crippen LogP contribution in [-0.2, 0) is 14.4 Å². The number of nitrogens with one attached hydrogen (secondary N) is 1. The molecule has 1 N–H and O–H groups in total. The third-order valence-corrected chi connectivity index (χ3v) is 4.45. The highest BCUT2D eigenvalue weighted by Crippen LogP contribution is 2.20. The third kappa shape index (κ3) is 3.61. The van der Waals surface area contributed by atoms with E-state index in [0.29, 0.717) is 5.69 Å². The fourth-order valence-corrected chi connectivity index (χ4v) is 2.81. The lowest BCUT2D eigenvalue weighted by Gasteiger charge is -2.27. The molecule has 5 nitrogen and oxygen atoms in total. The lowest BCUT2D eigenvalue weighted by atomic mass is 10.3. The Labute approximate surface area is 129 Å². The smallest absolute Gasteiger partial charge is 0.244 e. The highest BCUT2D eigenvalue weighted by molar-refractivity contribution is 9.10. The van der Waals surface area contributed by atoms with Crippen LogP contribution in [0.15, 0.2) is 28.7 Å². The van der Waals surface area contributed by atoms with Crippen LogP contribution >= 0.6 is 27.7 Å². The Kier molecular flexibility index (Phi) is 4.82. The second kappa shape index (κ2) is 6.41. The molecular weight excluding hydrogens is 344 g/mol. The Balaban J connectivity index is 1.98. The molecule has 1 aromatic rings. The molecular formula is C13H13BrN2O3S. The van der Waals surface area contributed by atoms with Crippen LogP contribution in [0.25, 0.3) is 0 Å². The summed E-state index contributed by atoms with van der Waals surface area (Å²) in [6, 6.07) is 7.07. The van der Waals surface area contributed by atoms with Gasteiger partial charge in [0.05, 0.1) is 11.0 Å². The number of imide groups is 1. The molecule has 0 aromatic heterocycles. The minimum atomic E-state index is -0.381. The average Bonchev–Trinajstić information content (AvgIpc) is 2.42. The SMILES string of the molecule is CC1SCC(=O)N(CC(=O)Nc2ccc(Br)cc2)C1=O. The maximum atomic E-state index is 11.9. The van der Waals surface area contributed by atoms with E-state index in [2.05, 4.69) is 21.2 Å². The maximum Gasteiger partial charge on any atom is 0.244 e. The summed E-state index contributed by atoms with van der Waals surface area (Å²) in [6.45, 7) is 1.50. The van der Waals surface area contributed by atoms with Crippen LogP contribution in [0.4, 0.5) is 5.69 Å². The first-order valence-electron chi connectivity index (χ1n) is 5.98. The van der Waals surface area contributed by atoms with E-state index >= 15 is 0 Å². The van der Waals surface area contributed by atoms with Gasteiger partial charge in [0, 0.05) is 10.2 Å². The monoisotopic (exact) mass is 356 g/mol. The summed E-state index contributed by atoms with van der Waals surface area (Å²) in [5, 5.41) is 2.38. The minimum Gasteiger partial charge on any atom is -0.325 e. The predicted octanol–water partition coefficient (Wildman–Crippen LogP) is 1.88. The van der Waals surface area contributed by atoms with Gasteiger partial charge in [-0.25, -0.2) is 0 Å². The van der Waals surface area contributed by atoms with E-state index in [9.17, 15) is 14.4 Å². The van der Waals surface area contributed by atoms with Gasteiger partial charge >= 0.3 is 0 Å². The number of carbonyl (C=O) groups excluding carboxylic acids is 3. The van der Waals surface area contributed by atoms with E-state index in [1.54, 1.807) is 31.2 Å². The van der Waals surface area contributed by atoms with E-state index in [1.807, 2.05) is 0 Å². The molecule has 1 aromatic carbocycles. The topological polar surface area (TPSA) is 66.5 Å². The summed E-state index contributed by atoms with van der Waals surface area (Å²) < 4.78 is 0.905. The van der Waals surface area contributed by atoms with Crippen molar-refractivity contribution in [2.24, 2.45) is 0 Å². The van der Waals surface area contributed by atoms with Crippen LogP contribution in [-0.4, -0.2) is 40.2 Å². The summed E-state index contributed by atoms with van der Waals surface area (Å²) in [4.78, 5) is 36.5. The van der Waals surface area contributed by atoms with Gasteiger partial charge < -0.3 is 5.32 Å². The van der Waals surface area contributed by atoms with Crippen LogP contribution < -0.4 is 5.32 Å². The number of hydrogen-bond donors (Lipinski definition) is 1. The molecule has 0 bridgehead atoms. The van der Waals surface area contributed by atoms with Crippen molar-refractivity contribution in [1.29, 1.82) is 0 Å². The van der Waals surface area contributed by atoms with Crippen LogP contribution in [0.5, 0.6) is 0 Å². The molecule has 1 heterocycles. The normalized spacial score (nSPS) is 19.1. The fourth-order valence-electron chi connectivity index (χ4n) is 1.73. The molecule has 1 fully saturated rings.